The van der Waals surface area contributed by atoms with Crippen LogP contribution in [0.2, 0.25) is 0 Å². The van der Waals surface area contributed by atoms with Gasteiger partial charge in [0.25, 0.3) is 0 Å². The van der Waals surface area contributed by atoms with Gasteiger partial charge < -0.3 is 10.6 Å². The van der Waals surface area contributed by atoms with Crippen molar-refractivity contribution in [3.8, 4) is 0 Å². The molecule has 0 aromatic heterocycles. The predicted molar refractivity (Wildman–Crippen MR) is 75.9 cm³/mol. The van der Waals surface area contributed by atoms with E-state index in [4.69, 9.17) is 0 Å². The summed E-state index contributed by atoms with van der Waals surface area (Å²) in [6, 6.07) is 0.803. The average molecular weight is 265 g/mol. The van der Waals surface area contributed by atoms with Gasteiger partial charge in [-0.3, -0.25) is 9.69 Å². The zero-order valence-electron chi connectivity index (χ0n) is 11.9. The van der Waals surface area contributed by atoms with Crippen LogP contribution in [-0.4, -0.2) is 49.6 Å². The molecule has 1 amide bonds. The molecule has 4 heteroatoms. The lowest BCUT2D eigenvalue weighted by molar-refractivity contribution is -0.122. The van der Waals surface area contributed by atoms with Crippen LogP contribution in [0.1, 0.15) is 38.5 Å². The van der Waals surface area contributed by atoms with Crippen LogP contribution in [0.5, 0.6) is 0 Å². The Hall–Kier alpha value is -0.610. The molecule has 19 heavy (non-hydrogen) atoms. The number of hydrogen-bond donors (Lipinski definition) is 2. The van der Waals surface area contributed by atoms with E-state index in [0.29, 0.717) is 6.54 Å². The Bertz CT molecular complexity index is 313. The molecule has 0 bridgehead atoms. The number of amides is 1. The molecule has 3 aliphatic rings. The third kappa shape index (κ3) is 4.77. The fourth-order valence-electron chi connectivity index (χ4n) is 2.92. The molecule has 1 aliphatic heterocycles. The van der Waals surface area contributed by atoms with E-state index in [1.807, 2.05) is 0 Å². The van der Waals surface area contributed by atoms with Gasteiger partial charge in [-0.25, -0.2) is 0 Å². The number of hydrogen-bond acceptors (Lipinski definition) is 3. The first-order chi connectivity index (χ1) is 9.29. The summed E-state index contributed by atoms with van der Waals surface area (Å²) in [5, 5.41) is 6.69. The highest BCUT2D eigenvalue weighted by molar-refractivity contribution is 5.78. The van der Waals surface area contributed by atoms with Crippen LogP contribution in [0.3, 0.4) is 0 Å². The summed E-state index contributed by atoms with van der Waals surface area (Å²) in [4.78, 5) is 14.2. The standard InChI is InChI=1S/C15H27N3O/c19-15(17-8-12-3-4-12)11-18-7-1-2-13(10-18)9-16-14-5-6-14/h12-14,16H,1-11H2,(H,17,19). The highest BCUT2D eigenvalue weighted by Crippen LogP contribution is 2.27. The first kappa shape index (κ1) is 13.4. The van der Waals surface area contributed by atoms with E-state index in [1.54, 1.807) is 0 Å². The van der Waals surface area contributed by atoms with Gasteiger partial charge in [0.05, 0.1) is 6.54 Å². The molecular formula is C15H27N3O. The number of carbonyl (C=O) groups excluding carboxylic acids is 1. The SMILES string of the molecule is O=C(CN1CCCC(CNC2CC2)C1)NCC1CC1. The van der Waals surface area contributed by atoms with Gasteiger partial charge in [0.2, 0.25) is 5.91 Å². The van der Waals surface area contributed by atoms with Gasteiger partial charge in [-0.15, -0.1) is 0 Å². The molecule has 3 fully saturated rings. The molecule has 0 aromatic carbocycles. The Kier molecular flexibility index (Phi) is 4.38. The Morgan fingerprint density at radius 1 is 1.05 bits per heavy atom. The molecule has 2 saturated carbocycles. The zero-order chi connectivity index (χ0) is 13.1. The van der Waals surface area contributed by atoms with Gasteiger partial charge in [-0.2, -0.15) is 0 Å². The first-order valence-electron chi connectivity index (χ1n) is 8.02. The molecule has 2 aliphatic carbocycles. The zero-order valence-corrected chi connectivity index (χ0v) is 11.9. The molecule has 108 valence electrons. The highest BCUT2D eigenvalue weighted by atomic mass is 16.2. The van der Waals surface area contributed by atoms with Crippen LogP contribution in [0.4, 0.5) is 0 Å². The second kappa shape index (κ2) is 6.23. The van der Waals surface area contributed by atoms with E-state index >= 15 is 0 Å². The topological polar surface area (TPSA) is 44.4 Å². The van der Waals surface area contributed by atoms with Crippen molar-refractivity contribution in [2.45, 2.75) is 44.6 Å². The number of nitrogens with one attached hydrogen (secondary N) is 2. The van der Waals surface area contributed by atoms with Crippen LogP contribution in [0.25, 0.3) is 0 Å². The number of nitrogens with zero attached hydrogens (tertiary/aromatic N) is 1. The van der Waals surface area contributed by atoms with Crippen molar-refractivity contribution in [3.63, 3.8) is 0 Å². The second-order valence-electron chi connectivity index (χ2n) is 6.67. The Morgan fingerprint density at radius 3 is 2.63 bits per heavy atom. The largest absolute Gasteiger partial charge is 0.355 e. The van der Waals surface area contributed by atoms with E-state index in [0.717, 1.165) is 44.1 Å². The van der Waals surface area contributed by atoms with Crippen molar-refractivity contribution in [2.75, 3.05) is 32.7 Å². The molecule has 1 saturated heterocycles. The van der Waals surface area contributed by atoms with E-state index in [9.17, 15) is 4.79 Å². The molecule has 2 N–H and O–H groups in total. The number of carbonyl (C=O) groups is 1. The number of piperidine rings is 1. The van der Waals surface area contributed by atoms with Crippen LogP contribution >= 0.6 is 0 Å². The van der Waals surface area contributed by atoms with E-state index in [2.05, 4.69) is 15.5 Å². The van der Waals surface area contributed by atoms with Crippen LogP contribution < -0.4 is 10.6 Å². The summed E-state index contributed by atoms with van der Waals surface area (Å²) in [5.41, 5.74) is 0. The first-order valence-corrected chi connectivity index (χ1v) is 8.02. The minimum Gasteiger partial charge on any atom is -0.355 e. The molecule has 3 rings (SSSR count). The van der Waals surface area contributed by atoms with Crippen LogP contribution in [0, 0.1) is 11.8 Å². The lowest BCUT2D eigenvalue weighted by atomic mass is 9.98. The molecule has 4 nitrogen and oxygen atoms in total. The van der Waals surface area contributed by atoms with Crippen molar-refractivity contribution in [1.82, 2.24) is 15.5 Å². The summed E-state index contributed by atoms with van der Waals surface area (Å²) in [5.74, 6) is 1.74. The van der Waals surface area contributed by atoms with Crippen molar-refractivity contribution >= 4 is 5.91 Å². The predicted octanol–water partition coefficient (Wildman–Crippen LogP) is 0.977. The van der Waals surface area contributed by atoms with E-state index < -0.39 is 0 Å². The smallest absolute Gasteiger partial charge is 0.234 e. The maximum Gasteiger partial charge on any atom is 0.234 e. The molecule has 1 heterocycles. The van der Waals surface area contributed by atoms with E-state index in [1.165, 1.54) is 38.5 Å². The monoisotopic (exact) mass is 265 g/mol. The van der Waals surface area contributed by atoms with Crippen molar-refractivity contribution in [2.24, 2.45) is 11.8 Å². The average Bonchev–Trinajstić information content (AvgIpc) is 3.28. The normalized spacial score (nSPS) is 28.3. The van der Waals surface area contributed by atoms with Gasteiger partial charge >= 0.3 is 0 Å². The Balaban J connectivity index is 1.33. The summed E-state index contributed by atoms with van der Waals surface area (Å²) in [7, 11) is 0. The fourth-order valence-corrected chi connectivity index (χ4v) is 2.92. The van der Waals surface area contributed by atoms with Crippen molar-refractivity contribution < 1.29 is 4.79 Å². The van der Waals surface area contributed by atoms with Gasteiger partial charge in [0, 0.05) is 19.1 Å². The summed E-state index contributed by atoms with van der Waals surface area (Å²) < 4.78 is 0. The molecule has 0 radical (unpaired) electrons. The Morgan fingerprint density at radius 2 is 1.89 bits per heavy atom. The number of likely N-dealkylation sites (tertiary alicyclic amines) is 1. The number of rotatable bonds is 7. The molecule has 0 spiro atoms. The minimum absolute atomic E-state index is 0.225. The minimum atomic E-state index is 0.225. The summed E-state index contributed by atoms with van der Waals surface area (Å²) >= 11 is 0. The third-order valence-corrected chi connectivity index (χ3v) is 4.53. The van der Waals surface area contributed by atoms with Crippen molar-refractivity contribution in [1.29, 1.82) is 0 Å². The Labute approximate surface area is 116 Å². The lowest BCUT2D eigenvalue weighted by Crippen LogP contribution is -2.45. The second-order valence-corrected chi connectivity index (χ2v) is 6.67. The molecule has 1 unspecified atom stereocenters. The lowest BCUT2D eigenvalue weighted by Gasteiger charge is -2.32. The molecule has 1 atom stereocenters. The fraction of sp³-hybridized carbons (Fsp3) is 0.933. The summed E-state index contributed by atoms with van der Waals surface area (Å²) in [6.07, 6.45) is 7.89. The van der Waals surface area contributed by atoms with Crippen LogP contribution in [-0.2, 0) is 4.79 Å². The summed E-state index contributed by atoms with van der Waals surface area (Å²) in [6.45, 7) is 4.84. The molecular weight excluding hydrogens is 238 g/mol. The van der Waals surface area contributed by atoms with Gasteiger partial charge in [0.15, 0.2) is 0 Å². The van der Waals surface area contributed by atoms with Gasteiger partial charge in [-0.1, -0.05) is 0 Å². The van der Waals surface area contributed by atoms with Gasteiger partial charge in [0.1, 0.15) is 0 Å². The maximum atomic E-state index is 11.9. The third-order valence-electron chi connectivity index (χ3n) is 4.53. The van der Waals surface area contributed by atoms with Gasteiger partial charge in [-0.05, 0) is 63.5 Å². The van der Waals surface area contributed by atoms with E-state index in [-0.39, 0.29) is 5.91 Å². The maximum absolute atomic E-state index is 11.9. The van der Waals surface area contributed by atoms with Crippen molar-refractivity contribution in [3.05, 3.63) is 0 Å². The molecule has 0 aromatic rings. The quantitative estimate of drug-likeness (QED) is 0.721. The highest BCUT2D eigenvalue weighted by Gasteiger charge is 2.26. The van der Waals surface area contributed by atoms with Crippen LogP contribution in [0.15, 0.2) is 0 Å².